The van der Waals surface area contributed by atoms with Crippen molar-refractivity contribution in [1.82, 2.24) is 9.88 Å². The van der Waals surface area contributed by atoms with Crippen LogP contribution in [0.15, 0.2) is 18.3 Å². The summed E-state index contributed by atoms with van der Waals surface area (Å²) in [5, 5.41) is 2.90. The van der Waals surface area contributed by atoms with Crippen LogP contribution in [0.25, 0.3) is 0 Å². The lowest BCUT2D eigenvalue weighted by atomic mass is 10.0. The lowest BCUT2D eigenvalue weighted by Crippen LogP contribution is -2.36. The second kappa shape index (κ2) is 5.85. The van der Waals surface area contributed by atoms with E-state index in [2.05, 4.69) is 17.2 Å². The molecule has 0 saturated carbocycles. The summed E-state index contributed by atoms with van der Waals surface area (Å²) in [7, 11) is 0. The SMILES string of the molecule is Cc1cccnc1NC(=O)N1CCCC(C)CC1. The number of pyridine rings is 1. The van der Waals surface area contributed by atoms with Crippen molar-refractivity contribution in [3.63, 3.8) is 0 Å². The van der Waals surface area contributed by atoms with Gasteiger partial charge in [-0.1, -0.05) is 13.0 Å². The van der Waals surface area contributed by atoms with Crippen molar-refractivity contribution in [3.8, 4) is 0 Å². The highest BCUT2D eigenvalue weighted by Gasteiger charge is 2.18. The van der Waals surface area contributed by atoms with Crippen LogP contribution < -0.4 is 5.32 Å². The molecule has 1 saturated heterocycles. The summed E-state index contributed by atoms with van der Waals surface area (Å²) in [5.74, 6) is 1.39. The molecular weight excluding hydrogens is 226 g/mol. The molecule has 98 valence electrons. The van der Waals surface area contributed by atoms with Gasteiger partial charge in [-0.15, -0.1) is 0 Å². The molecule has 0 radical (unpaired) electrons. The molecule has 0 bridgehead atoms. The standard InChI is InChI=1S/C14H21N3O/c1-11-5-4-9-17(10-7-11)14(18)16-13-12(2)6-3-8-15-13/h3,6,8,11H,4-5,7,9-10H2,1-2H3,(H,15,16,18). The van der Waals surface area contributed by atoms with Gasteiger partial charge in [-0.3, -0.25) is 5.32 Å². The number of urea groups is 1. The zero-order valence-corrected chi connectivity index (χ0v) is 11.1. The topological polar surface area (TPSA) is 45.2 Å². The Morgan fingerprint density at radius 3 is 3.06 bits per heavy atom. The van der Waals surface area contributed by atoms with Gasteiger partial charge in [-0.05, 0) is 43.7 Å². The maximum absolute atomic E-state index is 12.2. The second-order valence-corrected chi connectivity index (χ2v) is 5.12. The Hall–Kier alpha value is -1.58. The number of rotatable bonds is 1. The molecule has 1 N–H and O–H groups in total. The van der Waals surface area contributed by atoms with Crippen molar-refractivity contribution < 1.29 is 4.79 Å². The van der Waals surface area contributed by atoms with Crippen molar-refractivity contribution in [1.29, 1.82) is 0 Å². The smallest absolute Gasteiger partial charge is 0.323 e. The molecule has 4 heteroatoms. The molecule has 4 nitrogen and oxygen atoms in total. The molecule has 1 aromatic rings. The average molecular weight is 247 g/mol. The zero-order valence-electron chi connectivity index (χ0n) is 11.1. The summed E-state index contributed by atoms with van der Waals surface area (Å²) in [5.41, 5.74) is 0.994. The third kappa shape index (κ3) is 3.22. The van der Waals surface area contributed by atoms with E-state index in [9.17, 15) is 4.79 Å². The first-order valence-electron chi connectivity index (χ1n) is 6.64. The molecule has 0 spiro atoms. The van der Waals surface area contributed by atoms with Crippen LogP contribution in [0.5, 0.6) is 0 Å². The molecule has 2 heterocycles. The predicted molar refractivity (Wildman–Crippen MR) is 72.6 cm³/mol. The molecule has 1 aliphatic rings. The first-order valence-corrected chi connectivity index (χ1v) is 6.64. The highest BCUT2D eigenvalue weighted by molar-refractivity contribution is 5.88. The molecule has 18 heavy (non-hydrogen) atoms. The number of nitrogens with zero attached hydrogens (tertiary/aromatic N) is 2. The number of likely N-dealkylation sites (tertiary alicyclic amines) is 1. The van der Waals surface area contributed by atoms with Crippen molar-refractivity contribution in [2.75, 3.05) is 18.4 Å². The summed E-state index contributed by atoms with van der Waals surface area (Å²) in [6.07, 6.45) is 5.10. The zero-order chi connectivity index (χ0) is 13.0. The molecule has 1 aliphatic heterocycles. The molecule has 2 amide bonds. The van der Waals surface area contributed by atoms with Gasteiger partial charge in [0.05, 0.1) is 0 Å². The van der Waals surface area contributed by atoms with Gasteiger partial charge in [0.2, 0.25) is 0 Å². The Kier molecular flexibility index (Phi) is 4.18. The lowest BCUT2D eigenvalue weighted by molar-refractivity contribution is 0.213. The number of carbonyl (C=O) groups excluding carboxylic acids is 1. The molecule has 0 aliphatic carbocycles. The lowest BCUT2D eigenvalue weighted by Gasteiger charge is -2.21. The Bertz CT molecular complexity index is 419. The summed E-state index contributed by atoms with van der Waals surface area (Å²) < 4.78 is 0. The number of aromatic nitrogens is 1. The van der Waals surface area contributed by atoms with Crippen LogP contribution >= 0.6 is 0 Å². The van der Waals surface area contributed by atoms with E-state index in [1.807, 2.05) is 24.0 Å². The number of aryl methyl sites for hydroxylation is 1. The van der Waals surface area contributed by atoms with Crippen molar-refractivity contribution in [2.45, 2.75) is 33.1 Å². The number of hydrogen-bond acceptors (Lipinski definition) is 2. The van der Waals surface area contributed by atoms with E-state index in [-0.39, 0.29) is 6.03 Å². The van der Waals surface area contributed by atoms with Gasteiger partial charge in [0.25, 0.3) is 0 Å². The fourth-order valence-electron chi connectivity index (χ4n) is 2.26. The van der Waals surface area contributed by atoms with Crippen LogP contribution in [0, 0.1) is 12.8 Å². The average Bonchev–Trinajstić information content (AvgIpc) is 2.57. The van der Waals surface area contributed by atoms with Gasteiger partial charge >= 0.3 is 6.03 Å². The van der Waals surface area contributed by atoms with E-state index in [0.29, 0.717) is 5.82 Å². The van der Waals surface area contributed by atoms with Crippen molar-refractivity contribution in [3.05, 3.63) is 23.9 Å². The van der Waals surface area contributed by atoms with Crippen LogP contribution in [0.3, 0.4) is 0 Å². The fourth-order valence-corrected chi connectivity index (χ4v) is 2.26. The minimum Gasteiger partial charge on any atom is -0.324 e. The largest absolute Gasteiger partial charge is 0.324 e. The minimum atomic E-state index is -0.0223. The van der Waals surface area contributed by atoms with Crippen LogP contribution in [-0.4, -0.2) is 29.0 Å². The third-order valence-corrected chi connectivity index (χ3v) is 3.54. The van der Waals surface area contributed by atoms with Crippen molar-refractivity contribution in [2.24, 2.45) is 5.92 Å². The summed E-state index contributed by atoms with van der Waals surface area (Å²) in [6.45, 7) is 5.90. The van der Waals surface area contributed by atoms with E-state index in [1.54, 1.807) is 6.20 Å². The minimum absolute atomic E-state index is 0.0223. The van der Waals surface area contributed by atoms with Gasteiger partial charge < -0.3 is 4.90 Å². The van der Waals surface area contributed by atoms with E-state index >= 15 is 0 Å². The van der Waals surface area contributed by atoms with Gasteiger partial charge in [-0.2, -0.15) is 0 Å². The number of amides is 2. The molecule has 1 aromatic heterocycles. The maximum Gasteiger partial charge on any atom is 0.323 e. The van der Waals surface area contributed by atoms with Gasteiger partial charge in [0, 0.05) is 19.3 Å². The fraction of sp³-hybridized carbons (Fsp3) is 0.571. The number of carbonyl (C=O) groups is 1. The van der Waals surface area contributed by atoms with Crippen molar-refractivity contribution >= 4 is 11.8 Å². The molecule has 1 unspecified atom stereocenters. The summed E-state index contributed by atoms with van der Waals surface area (Å²) in [6, 6.07) is 3.80. The van der Waals surface area contributed by atoms with Crippen LogP contribution in [0.4, 0.5) is 10.6 Å². The maximum atomic E-state index is 12.2. The number of hydrogen-bond donors (Lipinski definition) is 1. The highest BCUT2D eigenvalue weighted by Crippen LogP contribution is 2.17. The van der Waals surface area contributed by atoms with E-state index in [4.69, 9.17) is 0 Å². The van der Waals surface area contributed by atoms with E-state index in [1.165, 1.54) is 6.42 Å². The van der Waals surface area contributed by atoms with Gasteiger partial charge in [-0.25, -0.2) is 9.78 Å². The second-order valence-electron chi connectivity index (χ2n) is 5.12. The normalized spacial score (nSPS) is 20.3. The monoisotopic (exact) mass is 247 g/mol. The quantitative estimate of drug-likeness (QED) is 0.829. The molecule has 2 rings (SSSR count). The molecule has 0 aromatic carbocycles. The molecular formula is C14H21N3O. The summed E-state index contributed by atoms with van der Waals surface area (Å²) >= 11 is 0. The number of nitrogens with one attached hydrogen (secondary N) is 1. The third-order valence-electron chi connectivity index (χ3n) is 3.54. The molecule has 1 fully saturated rings. The summed E-state index contributed by atoms with van der Waals surface area (Å²) in [4.78, 5) is 18.2. The van der Waals surface area contributed by atoms with Gasteiger partial charge in [0.15, 0.2) is 0 Å². The van der Waals surface area contributed by atoms with E-state index in [0.717, 1.165) is 37.4 Å². The first-order chi connectivity index (χ1) is 8.66. The predicted octanol–water partition coefficient (Wildman–Crippen LogP) is 3.04. The van der Waals surface area contributed by atoms with Crippen LogP contribution in [0.2, 0.25) is 0 Å². The Morgan fingerprint density at radius 1 is 1.44 bits per heavy atom. The van der Waals surface area contributed by atoms with Crippen LogP contribution in [-0.2, 0) is 0 Å². The van der Waals surface area contributed by atoms with E-state index < -0.39 is 0 Å². The van der Waals surface area contributed by atoms with Crippen LogP contribution in [0.1, 0.15) is 31.7 Å². The molecule has 1 atom stereocenters. The Labute approximate surface area is 108 Å². The Morgan fingerprint density at radius 2 is 2.28 bits per heavy atom. The number of anilines is 1. The highest BCUT2D eigenvalue weighted by atomic mass is 16.2. The van der Waals surface area contributed by atoms with Gasteiger partial charge in [0.1, 0.15) is 5.82 Å². The first kappa shape index (κ1) is 12.9. The Balaban J connectivity index is 1.97.